The molecule has 1 aliphatic heterocycles. The quantitative estimate of drug-likeness (QED) is 0.609. The molecule has 1 aromatic rings. The van der Waals surface area contributed by atoms with E-state index in [1.807, 2.05) is 4.90 Å². The normalized spacial score (nSPS) is 20.2. The average molecular weight is 255 g/mol. The topological polar surface area (TPSA) is 20.3 Å². The molecule has 1 atom stereocenters. The average Bonchev–Trinajstić information content (AvgIpc) is 2.63. The van der Waals surface area contributed by atoms with Gasteiger partial charge in [-0.15, -0.1) is 0 Å². The Balaban J connectivity index is 2.02. The van der Waals surface area contributed by atoms with Crippen molar-refractivity contribution in [3.63, 3.8) is 0 Å². The molecule has 1 saturated heterocycles. The van der Waals surface area contributed by atoms with Gasteiger partial charge in [-0.3, -0.25) is 0 Å². The lowest BCUT2D eigenvalue weighted by Gasteiger charge is -2.16. The van der Waals surface area contributed by atoms with Gasteiger partial charge in [0.15, 0.2) is 0 Å². The molecular formula is C11H10FNOS2. The zero-order valence-electron chi connectivity index (χ0n) is 8.43. The van der Waals surface area contributed by atoms with E-state index >= 15 is 0 Å². The van der Waals surface area contributed by atoms with Gasteiger partial charge in [-0.2, -0.15) is 0 Å². The number of thioether (sulfide) groups is 1. The van der Waals surface area contributed by atoms with E-state index in [0.717, 1.165) is 16.2 Å². The maximum Gasteiger partial charge on any atom is 0.137 e. The second-order valence-electron chi connectivity index (χ2n) is 3.57. The number of nitrogens with zero attached hydrogens (tertiary/aromatic N) is 1. The Labute approximate surface area is 103 Å². The molecule has 0 N–H and O–H groups in total. The number of hydrogen-bond acceptors (Lipinski definition) is 3. The summed E-state index contributed by atoms with van der Waals surface area (Å²) in [6.07, 6.45) is 0.918. The van der Waals surface area contributed by atoms with Gasteiger partial charge in [-0.25, -0.2) is 4.39 Å². The van der Waals surface area contributed by atoms with Crippen molar-refractivity contribution < 1.29 is 9.18 Å². The van der Waals surface area contributed by atoms with Gasteiger partial charge in [0.25, 0.3) is 0 Å². The van der Waals surface area contributed by atoms with Crippen molar-refractivity contribution in [2.45, 2.75) is 11.8 Å². The number of halogens is 1. The molecule has 1 aliphatic rings. The largest absolute Gasteiger partial charge is 0.352 e. The summed E-state index contributed by atoms with van der Waals surface area (Å²) in [7, 11) is 0. The molecule has 2 rings (SSSR count). The lowest BCUT2D eigenvalue weighted by molar-refractivity contribution is -0.107. The van der Waals surface area contributed by atoms with Crippen LogP contribution in [0.5, 0.6) is 0 Å². The predicted octanol–water partition coefficient (Wildman–Crippen LogP) is 2.23. The summed E-state index contributed by atoms with van der Waals surface area (Å²) in [5, 5.41) is -0.0621. The highest BCUT2D eigenvalue weighted by Crippen LogP contribution is 2.26. The van der Waals surface area contributed by atoms with Crippen LogP contribution in [0.4, 0.5) is 4.39 Å². The molecule has 84 valence electrons. The van der Waals surface area contributed by atoms with E-state index in [2.05, 4.69) is 0 Å². The fourth-order valence-electron chi connectivity index (χ4n) is 1.54. The molecule has 0 radical (unpaired) electrons. The summed E-state index contributed by atoms with van der Waals surface area (Å²) in [5.74, 6) is -0.243. The minimum absolute atomic E-state index is 0.0621. The summed E-state index contributed by atoms with van der Waals surface area (Å²) in [4.78, 5) is 12.6. The maximum absolute atomic E-state index is 12.7. The Bertz CT molecular complexity index is 407. The monoisotopic (exact) mass is 255 g/mol. The van der Waals surface area contributed by atoms with Crippen molar-refractivity contribution in [3.05, 3.63) is 35.6 Å². The van der Waals surface area contributed by atoms with Crippen LogP contribution in [0, 0.1) is 5.82 Å². The number of aldehydes is 1. The SMILES string of the molecule is O=CC1CN(Cc2ccc(F)cc2)C(=S)S1. The fraction of sp³-hybridized carbons (Fsp3) is 0.273. The molecule has 1 fully saturated rings. The first-order chi connectivity index (χ1) is 7.69. The van der Waals surface area contributed by atoms with Crippen molar-refractivity contribution in [2.24, 2.45) is 0 Å². The van der Waals surface area contributed by atoms with Crippen molar-refractivity contribution in [1.82, 2.24) is 4.90 Å². The van der Waals surface area contributed by atoms with Gasteiger partial charge in [-0.1, -0.05) is 36.1 Å². The van der Waals surface area contributed by atoms with E-state index in [9.17, 15) is 9.18 Å². The molecule has 0 aliphatic carbocycles. The Morgan fingerprint density at radius 2 is 2.19 bits per heavy atom. The van der Waals surface area contributed by atoms with Gasteiger partial charge >= 0.3 is 0 Å². The third kappa shape index (κ3) is 2.59. The van der Waals surface area contributed by atoms with Gasteiger partial charge in [0, 0.05) is 13.1 Å². The highest BCUT2D eigenvalue weighted by molar-refractivity contribution is 8.24. The molecule has 1 heterocycles. The first kappa shape index (κ1) is 11.5. The lowest BCUT2D eigenvalue weighted by atomic mass is 10.2. The standard InChI is InChI=1S/C11H10FNOS2/c12-9-3-1-8(2-4-9)5-13-6-10(7-14)16-11(13)15/h1-4,7,10H,5-6H2. The third-order valence-corrected chi connectivity index (χ3v) is 3.92. The number of carbonyl (C=O) groups is 1. The predicted molar refractivity (Wildman–Crippen MR) is 66.9 cm³/mol. The molecule has 1 unspecified atom stereocenters. The van der Waals surface area contributed by atoms with Gasteiger partial charge in [0.05, 0.1) is 5.25 Å². The van der Waals surface area contributed by atoms with Gasteiger partial charge < -0.3 is 9.69 Å². The van der Waals surface area contributed by atoms with E-state index in [4.69, 9.17) is 12.2 Å². The van der Waals surface area contributed by atoms with Crippen LogP contribution < -0.4 is 0 Å². The van der Waals surface area contributed by atoms with Crippen LogP contribution in [0.2, 0.25) is 0 Å². The minimum Gasteiger partial charge on any atom is -0.352 e. The molecule has 0 amide bonds. The molecule has 1 aromatic carbocycles. The van der Waals surface area contributed by atoms with Crippen LogP contribution in [0.1, 0.15) is 5.56 Å². The summed E-state index contributed by atoms with van der Waals surface area (Å²) in [6.45, 7) is 1.28. The number of thiocarbonyl (C=S) groups is 1. The molecule has 0 spiro atoms. The van der Waals surface area contributed by atoms with Crippen LogP contribution >= 0.6 is 24.0 Å². The van der Waals surface area contributed by atoms with E-state index in [1.54, 1.807) is 12.1 Å². The summed E-state index contributed by atoms with van der Waals surface area (Å²) in [6, 6.07) is 6.32. The van der Waals surface area contributed by atoms with Crippen LogP contribution in [0.15, 0.2) is 24.3 Å². The summed E-state index contributed by atoms with van der Waals surface area (Å²) < 4.78 is 13.4. The third-order valence-electron chi connectivity index (χ3n) is 2.35. The van der Waals surface area contributed by atoms with Crippen molar-refractivity contribution >= 4 is 34.6 Å². The first-order valence-corrected chi connectivity index (χ1v) is 6.13. The summed E-state index contributed by atoms with van der Waals surface area (Å²) >= 11 is 6.58. The van der Waals surface area contributed by atoms with Crippen molar-refractivity contribution in [3.8, 4) is 0 Å². The zero-order chi connectivity index (χ0) is 11.5. The number of rotatable bonds is 3. The van der Waals surface area contributed by atoms with Crippen LogP contribution in [-0.2, 0) is 11.3 Å². The fourth-order valence-corrected chi connectivity index (χ4v) is 2.91. The molecule has 0 saturated carbocycles. The van der Waals surface area contributed by atoms with E-state index < -0.39 is 0 Å². The summed E-state index contributed by atoms with van der Waals surface area (Å²) in [5.41, 5.74) is 0.996. The Kier molecular flexibility index (Phi) is 3.56. The van der Waals surface area contributed by atoms with E-state index in [0.29, 0.717) is 13.1 Å². The first-order valence-electron chi connectivity index (χ1n) is 4.84. The molecular weight excluding hydrogens is 245 g/mol. The molecule has 16 heavy (non-hydrogen) atoms. The van der Waals surface area contributed by atoms with E-state index in [-0.39, 0.29) is 11.1 Å². The number of hydrogen-bond donors (Lipinski definition) is 0. The van der Waals surface area contributed by atoms with Gasteiger partial charge in [-0.05, 0) is 17.7 Å². The maximum atomic E-state index is 12.7. The van der Waals surface area contributed by atoms with Gasteiger partial charge in [0.2, 0.25) is 0 Å². The van der Waals surface area contributed by atoms with Crippen LogP contribution in [0.25, 0.3) is 0 Å². The highest BCUT2D eigenvalue weighted by atomic mass is 32.2. The molecule has 0 aromatic heterocycles. The second kappa shape index (κ2) is 4.93. The molecule has 2 nitrogen and oxygen atoms in total. The molecule has 0 bridgehead atoms. The van der Waals surface area contributed by atoms with Crippen molar-refractivity contribution in [2.75, 3.05) is 6.54 Å². The Morgan fingerprint density at radius 1 is 1.50 bits per heavy atom. The number of benzene rings is 1. The highest BCUT2D eigenvalue weighted by Gasteiger charge is 2.26. The zero-order valence-corrected chi connectivity index (χ0v) is 10.1. The lowest BCUT2D eigenvalue weighted by Crippen LogP contribution is -2.24. The Morgan fingerprint density at radius 3 is 2.75 bits per heavy atom. The Hall–Kier alpha value is -0.940. The van der Waals surface area contributed by atoms with E-state index in [1.165, 1.54) is 23.9 Å². The van der Waals surface area contributed by atoms with Gasteiger partial charge in [0.1, 0.15) is 16.4 Å². The minimum atomic E-state index is -0.243. The van der Waals surface area contributed by atoms with Crippen LogP contribution in [0.3, 0.4) is 0 Å². The molecule has 5 heteroatoms. The van der Waals surface area contributed by atoms with Crippen molar-refractivity contribution in [1.29, 1.82) is 0 Å². The van der Waals surface area contributed by atoms with Crippen LogP contribution in [-0.4, -0.2) is 27.3 Å². The number of carbonyl (C=O) groups excluding carboxylic acids is 1. The smallest absolute Gasteiger partial charge is 0.137 e. The second-order valence-corrected chi connectivity index (χ2v) is 5.44.